The van der Waals surface area contributed by atoms with Gasteiger partial charge in [0.1, 0.15) is 23.0 Å². The van der Waals surface area contributed by atoms with E-state index in [1.807, 2.05) is 27.7 Å². The molecular weight excluding hydrogens is 689 g/mol. The summed E-state index contributed by atoms with van der Waals surface area (Å²) >= 11 is 0. The third-order valence-corrected chi connectivity index (χ3v) is 10.0. The average Bonchev–Trinajstić information content (AvgIpc) is 3.70. The van der Waals surface area contributed by atoms with Crippen LogP contribution in [0.25, 0.3) is 10.8 Å². The summed E-state index contributed by atoms with van der Waals surface area (Å²) in [7, 11) is 0. The van der Waals surface area contributed by atoms with Crippen LogP contribution in [0.15, 0.2) is 140 Å². The Hall–Kier alpha value is -7.06. The first kappa shape index (κ1) is 35.0. The second kappa shape index (κ2) is 14.1. The van der Waals surface area contributed by atoms with Crippen LogP contribution in [0.5, 0.6) is 23.0 Å². The first-order chi connectivity index (χ1) is 26.5. The van der Waals surface area contributed by atoms with Crippen LogP contribution in [0, 0.1) is 27.7 Å². The summed E-state index contributed by atoms with van der Waals surface area (Å²) in [4.78, 5) is 50.9. The van der Waals surface area contributed by atoms with Gasteiger partial charge in [-0.1, -0.05) is 66.7 Å². The van der Waals surface area contributed by atoms with Crippen LogP contribution < -0.4 is 19.3 Å². The fourth-order valence-corrected chi connectivity index (χ4v) is 7.55. The van der Waals surface area contributed by atoms with E-state index in [9.17, 15) is 19.2 Å². The smallest absolute Gasteiger partial charge is 0.258 e. The van der Waals surface area contributed by atoms with E-state index in [0.717, 1.165) is 65.5 Å². The van der Waals surface area contributed by atoms with E-state index >= 15 is 0 Å². The molecule has 6 aromatic carbocycles. The van der Waals surface area contributed by atoms with E-state index in [4.69, 9.17) is 9.47 Å². The number of benzene rings is 6. The lowest BCUT2D eigenvalue weighted by Crippen LogP contribution is -2.29. The van der Waals surface area contributed by atoms with Crippen LogP contribution in [0.2, 0.25) is 0 Å². The Balaban J connectivity index is 1.13. The van der Waals surface area contributed by atoms with Crippen molar-refractivity contribution in [3.63, 3.8) is 0 Å². The lowest BCUT2D eigenvalue weighted by molar-refractivity contribution is -0.121. The summed E-state index contributed by atoms with van der Waals surface area (Å²) in [5.74, 6) is 1.06. The predicted octanol–water partition coefficient (Wildman–Crippen LogP) is 9.70. The summed E-state index contributed by atoms with van der Waals surface area (Å²) < 4.78 is 12.9. The van der Waals surface area contributed by atoms with Gasteiger partial charge in [-0.2, -0.15) is 0 Å². The Morgan fingerprint density at radius 2 is 0.836 bits per heavy atom. The molecule has 0 aromatic heterocycles. The van der Waals surface area contributed by atoms with Gasteiger partial charge >= 0.3 is 0 Å². The maximum atomic E-state index is 12.2. The van der Waals surface area contributed by atoms with E-state index in [1.165, 1.54) is 29.9 Å². The molecule has 55 heavy (non-hydrogen) atoms. The highest BCUT2D eigenvalue weighted by Crippen LogP contribution is 2.42. The molecule has 0 saturated heterocycles. The van der Waals surface area contributed by atoms with E-state index in [-0.39, 0.29) is 29.5 Å². The number of fused-ring (bicyclic) bond motifs is 1. The fourth-order valence-electron chi connectivity index (χ4n) is 7.55. The Labute approximate surface area is 318 Å². The second-order valence-electron chi connectivity index (χ2n) is 13.9. The topological polar surface area (TPSA) is 93.2 Å². The molecule has 0 aliphatic carbocycles. The van der Waals surface area contributed by atoms with E-state index in [2.05, 4.69) is 66.7 Å². The maximum absolute atomic E-state index is 12.2. The van der Waals surface area contributed by atoms with Gasteiger partial charge < -0.3 is 9.47 Å². The van der Waals surface area contributed by atoms with Crippen molar-refractivity contribution in [2.75, 3.05) is 9.80 Å². The monoisotopic (exact) mass is 724 g/mol. The minimum Gasteiger partial charge on any atom is -0.457 e. The lowest BCUT2D eigenvalue weighted by atomic mass is 9.80. The molecule has 0 spiro atoms. The molecule has 0 atom stereocenters. The Kier molecular flexibility index (Phi) is 8.95. The van der Waals surface area contributed by atoms with Gasteiger partial charge in [0, 0.05) is 30.2 Å². The second-order valence-corrected chi connectivity index (χ2v) is 13.9. The number of hydrogen-bond acceptors (Lipinski definition) is 6. The molecule has 0 bridgehead atoms. The number of nitrogens with zero attached hydrogens (tertiary/aromatic N) is 2. The summed E-state index contributed by atoms with van der Waals surface area (Å²) in [6, 6.07) is 37.4. The number of carbonyl (C=O) groups excluding carboxylic acids is 4. The largest absolute Gasteiger partial charge is 0.457 e. The van der Waals surface area contributed by atoms with Gasteiger partial charge in [-0.15, -0.1) is 0 Å². The SMILES string of the molecule is Cc1cc(C(c2cc(C)c(Oc3ccc(N4C(=O)C=CC4=O)cc3)c(C)c2)c2cccc3ccccc23)cc(C)c1Oc1ccc(N2C(=O)C=CC2=O)cc1. The van der Waals surface area contributed by atoms with Crippen molar-refractivity contribution >= 4 is 45.8 Å². The van der Waals surface area contributed by atoms with E-state index in [1.54, 1.807) is 48.5 Å². The fraction of sp³-hybridized carbons (Fsp3) is 0.106. The quantitative estimate of drug-likeness (QED) is 0.109. The van der Waals surface area contributed by atoms with Gasteiger partial charge in [-0.3, -0.25) is 19.2 Å². The summed E-state index contributed by atoms with van der Waals surface area (Å²) in [6.45, 7) is 8.16. The summed E-state index contributed by atoms with van der Waals surface area (Å²) in [6.07, 6.45) is 5.06. The standard InChI is InChI=1S/C47H36N2O6/c1-28-24-33(25-29(2)46(28)54-37-16-12-35(13-17-37)48-41(50)20-21-42(48)51)45(40-11-7-9-32-8-5-6-10-39(32)40)34-26-30(3)47(31(4)27-34)55-38-18-14-36(15-19-38)49-43(52)22-23-44(49)53/h5-27,45H,1-4H3. The number of hydrogen-bond donors (Lipinski definition) is 0. The third-order valence-electron chi connectivity index (χ3n) is 10.0. The van der Waals surface area contributed by atoms with Crippen LogP contribution in [0.1, 0.15) is 44.9 Å². The molecule has 4 amide bonds. The number of ether oxygens (including phenoxy) is 2. The number of amides is 4. The molecule has 8 heteroatoms. The van der Waals surface area contributed by atoms with Crippen molar-refractivity contribution < 1.29 is 28.7 Å². The number of imide groups is 2. The number of aryl methyl sites for hydroxylation is 4. The predicted molar refractivity (Wildman–Crippen MR) is 213 cm³/mol. The van der Waals surface area contributed by atoms with Crippen molar-refractivity contribution in [2.24, 2.45) is 0 Å². The van der Waals surface area contributed by atoms with Crippen LogP contribution in [0.3, 0.4) is 0 Å². The Bertz CT molecular complexity index is 2390. The molecule has 0 unspecified atom stereocenters. The van der Waals surface area contributed by atoms with Gasteiger partial charge in [0.15, 0.2) is 0 Å². The van der Waals surface area contributed by atoms with Crippen LogP contribution in [-0.2, 0) is 19.2 Å². The molecule has 0 fully saturated rings. The van der Waals surface area contributed by atoms with Crippen molar-refractivity contribution in [1.82, 2.24) is 0 Å². The normalized spacial score (nSPS) is 13.9. The Morgan fingerprint density at radius 3 is 1.25 bits per heavy atom. The van der Waals surface area contributed by atoms with Crippen LogP contribution >= 0.6 is 0 Å². The molecule has 0 saturated carbocycles. The molecule has 270 valence electrons. The zero-order valence-corrected chi connectivity index (χ0v) is 30.7. The van der Waals surface area contributed by atoms with Crippen molar-refractivity contribution in [3.05, 3.63) is 179 Å². The van der Waals surface area contributed by atoms with Gasteiger partial charge in [-0.05, 0) is 126 Å². The number of anilines is 2. The molecule has 2 aliphatic rings. The first-order valence-electron chi connectivity index (χ1n) is 17.9. The van der Waals surface area contributed by atoms with Crippen LogP contribution in [0.4, 0.5) is 11.4 Å². The first-order valence-corrected chi connectivity index (χ1v) is 17.9. The molecule has 0 radical (unpaired) electrons. The molecule has 2 aliphatic heterocycles. The highest BCUT2D eigenvalue weighted by molar-refractivity contribution is 6.28. The molecule has 2 heterocycles. The van der Waals surface area contributed by atoms with E-state index < -0.39 is 0 Å². The van der Waals surface area contributed by atoms with Gasteiger partial charge in [0.25, 0.3) is 23.6 Å². The molecule has 0 N–H and O–H groups in total. The number of rotatable bonds is 9. The highest BCUT2D eigenvalue weighted by Gasteiger charge is 2.27. The van der Waals surface area contributed by atoms with Crippen molar-refractivity contribution in [2.45, 2.75) is 33.6 Å². The van der Waals surface area contributed by atoms with Gasteiger partial charge in [0.05, 0.1) is 11.4 Å². The molecule has 8 nitrogen and oxygen atoms in total. The zero-order chi connectivity index (χ0) is 38.4. The number of carbonyl (C=O) groups is 4. The van der Waals surface area contributed by atoms with E-state index in [0.29, 0.717) is 22.9 Å². The Morgan fingerprint density at radius 1 is 0.455 bits per heavy atom. The van der Waals surface area contributed by atoms with Crippen LogP contribution in [-0.4, -0.2) is 23.6 Å². The summed E-state index contributed by atoms with van der Waals surface area (Å²) in [5, 5.41) is 2.32. The lowest BCUT2D eigenvalue weighted by Gasteiger charge is -2.25. The van der Waals surface area contributed by atoms with Crippen molar-refractivity contribution in [1.29, 1.82) is 0 Å². The zero-order valence-electron chi connectivity index (χ0n) is 30.7. The minimum absolute atomic E-state index is 0.129. The molecule has 8 rings (SSSR count). The average molecular weight is 725 g/mol. The molecular formula is C47H36N2O6. The summed E-state index contributed by atoms with van der Waals surface area (Å²) in [5.41, 5.74) is 8.20. The van der Waals surface area contributed by atoms with Gasteiger partial charge in [0.2, 0.25) is 0 Å². The molecule has 6 aromatic rings. The highest BCUT2D eigenvalue weighted by atomic mass is 16.5. The maximum Gasteiger partial charge on any atom is 0.258 e. The van der Waals surface area contributed by atoms with Crippen molar-refractivity contribution in [3.8, 4) is 23.0 Å². The minimum atomic E-state index is -0.366. The van der Waals surface area contributed by atoms with Gasteiger partial charge in [-0.25, -0.2) is 9.80 Å². The third kappa shape index (κ3) is 6.59.